The fourth-order valence-electron chi connectivity index (χ4n) is 2.17. The van der Waals surface area contributed by atoms with Crippen LogP contribution in [0.15, 0.2) is 23.1 Å². The first kappa shape index (κ1) is 21.4. The van der Waals surface area contributed by atoms with Crippen LogP contribution in [-0.4, -0.2) is 62.8 Å². The van der Waals surface area contributed by atoms with Crippen molar-refractivity contribution in [3.63, 3.8) is 0 Å². The molecule has 0 N–H and O–H groups in total. The molecule has 1 aromatic carbocycles. The van der Waals surface area contributed by atoms with Crippen molar-refractivity contribution >= 4 is 33.5 Å². The maximum atomic E-state index is 12.6. The van der Waals surface area contributed by atoms with Crippen LogP contribution < -0.4 is 0 Å². The number of ether oxygens (including phenoxy) is 1. The highest BCUT2D eigenvalue weighted by Crippen LogP contribution is 2.26. The Bertz CT molecular complexity index is 745. The van der Waals surface area contributed by atoms with Crippen molar-refractivity contribution in [2.24, 2.45) is 0 Å². The number of benzene rings is 1. The number of hydrogen-bond acceptors (Lipinski definition) is 5. The molecule has 140 valence electrons. The van der Waals surface area contributed by atoms with Gasteiger partial charge in [0.1, 0.15) is 4.90 Å². The minimum Gasteiger partial charge on any atom is -0.449 e. The molecule has 25 heavy (non-hydrogen) atoms. The van der Waals surface area contributed by atoms with Gasteiger partial charge in [-0.2, -0.15) is 4.31 Å². The van der Waals surface area contributed by atoms with Crippen molar-refractivity contribution in [1.82, 2.24) is 9.21 Å². The highest BCUT2D eigenvalue weighted by Gasteiger charge is 2.27. The van der Waals surface area contributed by atoms with Crippen LogP contribution in [0.5, 0.6) is 0 Å². The van der Waals surface area contributed by atoms with E-state index in [-0.39, 0.29) is 34.5 Å². The summed E-state index contributed by atoms with van der Waals surface area (Å²) in [5, 5.41) is 0.0147. The molecule has 1 aromatic rings. The van der Waals surface area contributed by atoms with Crippen LogP contribution in [-0.2, 0) is 19.6 Å². The zero-order valence-electron chi connectivity index (χ0n) is 14.9. The van der Waals surface area contributed by atoms with E-state index in [9.17, 15) is 18.0 Å². The van der Waals surface area contributed by atoms with E-state index in [1.54, 1.807) is 27.9 Å². The number of nitrogens with zero attached hydrogens (tertiary/aromatic N) is 2. The Hall–Kier alpha value is -1.64. The van der Waals surface area contributed by atoms with E-state index in [1.807, 2.05) is 0 Å². The highest BCUT2D eigenvalue weighted by atomic mass is 35.5. The lowest BCUT2D eigenvalue weighted by molar-refractivity contribution is -0.137. The molecular formula is C16H23ClN2O5S. The number of halogens is 1. The van der Waals surface area contributed by atoms with Gasteiger partial charge in [-0.05, 0) is 25.1 Å². The molecule has 0 aliphatic heterocycles. The van der Waals surface area contributed by atoms with Gasteiger partial charge in [-0.1, -0.05) is 25.4 Å². The number of hydrogen-bond donors (Lipinski definition) is 0. The molecular weight excluding hydrogens is 368 g/mol. The summed E-state index contributed by atoms with van der Waals surface area (Å²) in [6.07, 6.45) is -0.985. The highest BCUT2D eigenvalue weighted by molar-refractivity contribution is 7.89. The third-order valence-electron chi connectivity index (χ3n) is 3.56. The number of carbonyl (C=O) groups excluding carboxylic acids is 2. The lowest BCUT2D eigenvalue weighted by Crippen LogP contribution is -2.35. The van der Waals surface area contributed by atoms with Gasteiger partial charge >= 0.3 is 5.97 Å². The Morgan fingerprint density at radius 3 is 2.24 bits per heavy atom. The summed E-state index contributed by atoms with van der Waals surface area (Å²) in [5.74, 6) is -1.17. The zero-order chi connectivity index (χ0) is 19.4. The van der Waals surface area contributed by atoms with E-state index >= 15 is 0 Å². The molecule has 0 aliphatic carbocycles. The summed E-state index contributed by atoms with van der Waals surface area (Å²) in [5.41, 5.74) is 0.00790. The van der Waals surface area contributed by atoms with Gasteiger partial charge in [0, 0.05) is 27.2 Å². The summed E-state index contributed by atoms with van der Waals surface area (Å²) >= 11 is 6.02. The van der Waals surface area contributed by atoms with Gasteiger partial charge in [0.05, 0.1) is 10.6 Å². The summed E-state index contributed by atoms with van der Waals surface area (Å²) in [7, 11) is -0.737. The van der Waals surface area contributed by atoms with Crippen LogP contribution in [0.3, 0.4) is 0 Å². The predicted octanol–water partition coefficient (Wildman–Crippen LogP) is 2.00. The third-order valence-corrected chi connectivity index (χ3v) is 6.09. The molecule has 7 nitrogen and oxygen atoms in total. The van der Waals surface area contributed by atoms with Gasteiger partial charge in [-0.25, -0.2) is 13.2 Å². The van der Waals surface area contributed by atoms with E-state index in [0.29, 0.717) is 0 Å². The van der Waals surface area contributed by atoms with Gasteiger partial charge < -0.3 is 9.64 Å². The molecule has 0 heterocycles. The van der Waals surface area contributed by atoms with Crippen LogP contribution in [0, 0.1) is 0 Å². The SMILES string of the molecule is CCN(CC)S(=O)(=O)c1cc(C(=O)O[C@@H](C)C(=O)N(C)C)ccc1Cl. The van der Waals surface area contributed by atoms with Crippen molar-refractivity contribution in [2.45, 2.75) is 31.8 Å². The number of likely N-dealkylation sites (N-methyl/N-ethyl adjacent to an activating group) is 1. The number of amides is 1. The quantitative estimate of drug-likeness (QED) is 0.665. The predicted molar refractivity (Wildman–Crippen MR) is 95.1 cm³/mol. The number of rotatable bonds is 7. The molecule has 0 radical (unpaired) electrons. The van der Waals surface area contributed by atoms with E-state index in [2.05, 4.69) is 0 Å². The van der Waals surface area contributed by atoms with E-state index in [1.165, 1.54) is 34.3 Å². The second-order valence-corrected chi connectivity index (χ2v) is 7.83. The van der Waals surface area contributed by atoms with Crippen molar-refractivity contribution in [2.75, 3.05) is 27.2 Å². The monoisotopic (exact) mass is 390 g/mol. The van der Waals surface area contributed by atoms with E-state index in [0.717, 1.165) is 0 Å². The average Bonchev–Trinajstić information content (AvgIpc) is 2.54. The molecule has 0 saturated carbocycles. The molecule has 1 atom stereocenters. The second-order valence-electron chi connectivity index (χ2n) is 5.51. The van der Waals surface area contributed by atoms with Crippen molar-refractivity contribution < 1.29 is 22.7 Å². The molecule has 0 spiro atoms. The Morgan fingerprint density at radius 2 is 1.76 bits per heavy atom. The van der Waals surface area contributed by atoms with Gasteiger partial charge in [0.25, 0.3) is 5.91 Å². The van der Waals surface area contributed by atoms with Crippen molar-refractivity contribution in [3.05, 3.63) is 28.8 Å². The summed E-state index contributed by atoms with van der Waals surface area (Å²) in [6, 6.07) is 3.86. The number of esters is 1. The lowest BCUT2D eigenvalue weighted by Gasteiger charge is -2.20. The van der Waals surface area contributed by atoms with Crippen molar-refractivity contribution in [1.29, 1.82) is 0 Å². The molecule has 9 heteroatoms. The fourth-order valence-corrected chi connectivity index (χ4v) is 4.13. The average molecular weight is 391 g/mol. The second kappa shape index (κ2) is 8.64. The molecule has 0 unspecified atom stereocenters. The first-order chi connectivity index (χ1) is 11.6. The molecule has 1 amide bonds. The maximum absolute atomic E-state index is 12.6. The van der Waals surface area contributed by atoms with E-state index in [4.69, 9.17) is 16.3 Å². The maximum Gasteiger partial charge on any atom is 0.338 e. The minimum absolute atomic E-state index is 0.00790. The summed E-state index contributed by atoms with van der Waals surface area (Å²) < 4.78 is 31.6. The van der Waals surface area contributed by atoms with Gasteiger partial charge in [0.15, 0.2) is 6.10 Å². The minimum atomic E-state index is -3.83. The first-order valence-corrected chi connectivity index (χ1v) is 9.59. The Morgan fingerprint density at radius 1 is 1.20 bits per heavy atom. The molecule has 0 aliphatic rings. The largest absolute Gasteiger partial charge is 0.449 e. The number of carbonyl (C=O) groups is 2. The topological polar surface area (TPSA) is 84.0 Å². The fraction of sp³-hybridized carbons (Fsp3) is 0.500. The van der Waals surface area contributed by atoms with Gasteiger partial charge in [0.2, 0.25) is 10.0 Å². The van der Waals surface area contributed by atoms with Crippen LogP contribution in [0.1, 0.15) is 31.1 Å². The summed E-state index contributed by atoms with van der Waals surface area (Å²) in [6.45, 7) is 5.42. The molecule has 0 aromatic heterocycles. The van der Waals surface area contributed by atoms with Gasteiger partial charge in [-0.3, -0.25) is 4.79 Å². The Kier molecular flexibility index (Phi) is 7.40. The van der Waals surface area contributed by atoms with Gasteiger partial charge in [-0.15, -0.1) is 0 Å². The Balaban J connectivity index is 3.17. The molecule has 1 rings (SSSR count). The molecule has 0 saturated heterocycles. The standard InChI is InChI=1S/C16H23ClN2O5S/c1-6-19(7-2)25(22,23)14-10-12(8-9-13(14)17)16(21)24-11(3)15(20)18(4)5/h8-11H,6-7H2,1-5H3/t11-/m0/s1. The lowest BCUT2D eigenvalue weighted by atomic mass is 10.2. The van der Waals surface area contributed by atoms with Crippen LogP contribution >= 0.6 is 11.6 Å². The molecule has 0 fully saturated rings. The smallest absolute Gasteiger partial charge is 0.338 e. The number of sulfonamides is 1. The van der Waals surface area contributed by atoms with E-state index < -0.39 is 22.1 Å². The zero-order valence-corrected chi connectivity index (χ0v) is 16.5. The molecule has 0 bridgehead atoms. The van der Waals surface area contributed by atoms with Crippen molar-refractivity contribution in [3.8, 4) is 0 Å². The van der Waals surface area contributed by atoms with Crippen LogP contribution in [0.4, 0.5) is 0 Å². The normalized spacial score (nSPS) is 12.8. The van der Waals surface area contributed by atoms with Crippen LogP contribution in [0.2, 0.25) is 5.02 Å². The Labute approximate surface area is 153 Å². The first-order valence-electron chi connectivity index (χ1n) is 7.78. The third kappa shape index (κ3) is 4.93. The summed E-state index contributed by atoms with van der Waals surface area (Å²) in [4.78, 5) is 25.2. The van der Waals surface area contributed by atoms with Crippen LogP contribution in [0.25, 0.3) is 0 Å².